The third-order valence-electron chi connectivity index (χ3n) is 5.61. The van der Waals surface area contributed by atoms with Gasteiger partial charge in [-0.2, -0.15) is 0 Å². The van der Waals surface area contributed by atoms with Crippen LogP contribution in [0.1, 0.15) is 143 Å². The molecule has 2 atom stereocenters. The summed E-state index contributed by atoms with van der Waals surface area (Å²) in [6.07, 6.45) is 26.2. The number of unbranched alkanes of at least 4 members (excludes halogenated alkanes) is 12. The van der Waals surface area contributed by atoms with Crippen molar-refractivity contribution >= 4 is 0 Å². The molecule has 0 heterocycles. The fraction of sp³-hybridized carbons (Fsp3) is 1.00. The molecule has 0 heteroatoms. The van der Waals surface area contributed by atoms with Crippen molar-refractivity contribution < 1.29 is 0 Å². The van der Waals surface area contributed by atoms with Gasteiger partial charge in [-0.05, 0) is 18.3 Å². The molecule has 0 amide bonds. The molecule has 0 radical (unpaired) electrons. The average Bonchev–Trinajstić information content (AvgIpc) is 3.33. The molecule has 0 saturated heterocycles. The molecule has 146 valence electrons. The summed E-state index contributed by atoms with van der Waals surface area (Å²) in [6.45, 7) is 9.16. The zero-order valence-corrected chi connectivity index (χ0v) is 17.9. The maximum absolute atomic E-state index is 2.31. The summed E-state index contributed by atoms with van der Waals surface area (Å²) in [7, 11) is 0. The second-order valence-corrected chi connectivity index (χ2v) is 8.22. The van der Waals surface area contributed by atoms with Crippen molar-refractivity contribution in [1.82, 2.24) is 0 Å². The standard InChI is InChI=1S/C12H24.C12H26/c1-3-5-6-7-9-12-10-11(12)8-4-2;1-3-5-7-9-11-12-10-8-6-4-2/h11-12H,3-10H2,1-2H3;3-12H2,1-2H3. The van der Waals surface area contributed by atoms with Gasteiger partial charge in [0.25, 0.3) is 0 Å². The molecule has 0 bridgehead atoms. The molecule has 24 heavy (non-hydrogen) atoms. The first kappa shape index (κ1) is 24.0. The minimum Gasteiger partial charge on any atom is -0.0654 e. The molecule has 1 aliphatic carbocycles. The van der Waals surface area contributed by atoms with E-state index in [-0.39, 0.29) is 0 Å². The normalized spacial score (nSPS) is 19.0. The highest BCUT2D eigenvalue weighted by molar-refractivity contribution is 4.85. The smallest absolute Gasteiger partial charge is 0.0383 e. The zero-order chi connectivity index (χ0) is 17.9. The summed E-state index contributed by atoms with van der Waals surface area (Å²) in [5, 5.41) is 0. The van der Waals surface area contributed by atoms with Crippen molar-refractivity contribution in [2.75, 3.05) is 0 Å². The fourth-order valence-electron chi connectivity index (χ4n) is 3.78. The predicted molar refractivity (Wildman–Crippen MR) is 113 cm³/mol. The molecule has 1 rings (SSSR count). The van der Waals surface area contributed by atoms with Gasteiger partial charge in [-0.15, -0.1) is 0 Å². The van der Waals surface area contributed by atoms with E-state index >= 15 is 0 Å². The van der Waals surface area contributed by atoms with E-state index in [1.54, 1.807) is 6.42 Å². The van der Waals surface area contributed by atoms with Crippen molar-refractivity contribution in [2.45, 2.75) is 143 Å². The maximum atomic E-state index is 2.31. The van der Waals surface area contributed by atoms with E-state index in [1.807, 2.05) is 0 Å². The quantitative estimate of drug-likeness (QED) is 0.246. The van der Waals surface area contributed by atoms with Gasteiger partial charge in [0.05, 0.1) is 0 Å². The second kappa shape index (κ2) is 19.3. The number of rotatable bonds is 16. The lowest BCUT2D eigenvalue weighted by atomic mass is 10.1. The average molecular weight is 339 g/mol. The van der Waals surface area contributed by atoms with Crippen LogP contribution in [0, 0.1) is 11.8 Å². The molecule has 0 nitrogen and oxygen atoms in total. The van der Waals surface area contributed by atoms with Crippen molar-refractivity contribution in [3.05, 3.63) is 0 Å². The van der Waals surface area contributed by atoms with Crippen molar-refractivity contribution in [3.63, 3.8) is 0 Å². The van der Waals surface area contributed by atoms with Gasteiger partial charge in [0.15, 0.2) is 0 Å². The van der Waals surface area contributed by atoms with E-state index in [1.165, 1.54) is 109 Å². The third-order valence-corrected chi connectivity index (χ3v) is 5.61. The van der Waals surface area contributed by atoms with Gasteiger partial charge in [0.2, 0.25) is 0 Å². The van der Waals surface area contributed by atoms with E-state index in [0.717, 1.165) is 11.8 Å². The highest BCUT2D eigenvalue weighted by Gasteiger charge is 2.34. The largest absolute Gasteiger partial charge is 0.0654 e. The summed E-state index contributed by atoms with van der Waals surface area (Å²) in [4.78, 5) is 0. The summed E-state index contributed by atoms with van der Waals surface area (Å²) in [5.74, 6) is 2.28. The first-order valence-electron chi connectivity index (χ1n) is 11.8. The van der Waals surface area contributed by atoms with Crippen molar-refractivity contribution in [2.24, 2.45) is 11.8 Å². The summed E-state index contributed by atoms with van der Waals surface area (Å²) in [5.41, 5.74) is 0. The van der Waals surface area contributed by atoms with Crippen LogP contribution in [0.5, 0.6) is 0 Å². The Morgan fingerprint density at radius 1 is 0.417 bits per heavy atom. The first-order chi connectivity index (χ1) is 11.8. The van der Waals surface area contributed by atoms with Crippen LogP contribution >= 0.6 is 0 Å². The van der Waals surface area contributed by atoms with Gasteiger partial charge in [-0.25, -0.2) is 0 Å². The highest BCUT2D eigenvalue weighted by Crippen LogP contribution is 2.45. The van der Waals surface area contributed by atoms with Gasteiger partial charge < -0.3 is 0 Å². The Hall–Kier alpha value is 0. The minimum atomic E-state index is 1.14. The Bertz CT molecular complexity index is 210. The molecular formula is C24H50. The lowest BCUT2D eigenvalue weighted by molar-refractivity contribution is 0.550. The Balaban J connectivity index is 0.000000441. The Kier molecular flexibility index (Phi) is 19.3. The van der Waals surface area contributed by atoms with Crippen LogP contribution in [0.2, 0.25) is 0 Å². The molecule has 1 fully saturated rings. The van der Waals surface area contributed by atoms with E-state index < -0.39 is 0 Å². The molecule has 0 aromatic heterocycles. The SMILES string of the molecule is CCCCCCC1CC1CCC.CCCCCCCCCCCC. The van der Waals surface area contributed by atoms with Crippen LogP contribution in [-0.2, 0) is 0 Å². The Morgan fingerprint density at radius 3 is 1.21 bits per heavy atom. The van der Waals surface area contributed by atoms with Gasteiger partial charge in [0.1, 0.15) is 0 Å². The van der Waals surface area contributed by atoms with E-state index in [0.29, 0.717) is 0 Å². The van der Waals surface area contributed by atoms with E-state index in [2.05, 4.69) is 27.7 Å². The highest BCUT2D eigenvalue weighted by atomic mass is 14.4. The van der Waals surface area contributed by atoms with Crippen molar-refractivity contribution in [3.8, 4) is 0 Å². The molecule has 0 aromatic rings. The van der Waals surface area contributed by atoms with Crippen LogP contribution in [0.4, 0.5) is 0 Å². The molecule has 2 unspecified atom stereocenters. The van der Waals surface area contributed by atoms with E-state index in [4.69, 9.17) is 0 Å². The van der Waals surface area contributed by atoms with Gasteiger partial charge in [0, 0.05) is 0 Å². The van der Waals surface area contributed by atoms with Crippen LogP contribution in [0.25, 0.3) is 0 Å². The first-order valence-corrected chi connectivity index (χ1v) is 11.8. The molecule has 0 aliphatic heterocycles. The Morgan fingerprint density at radius 2 is 0.792 bits per heavy atom. The number of hydrogen-bond acceptors (Lipinski definition) is 0. The molecule has 0 spiro atoms. The minimum absolute atomic E-state index is 1.14. The van der Waals surface area contributed by atoms with Crippen LogP contribution in [-0.4, -0.2) is 0 Å². The lowest BCUT2D eigenvalue weighted by Crippen LogP contribution is -1.84. The topological polar surface area (TPSA) is 0 Å². The summed E-state index contributed by atoms with van der Waals surface area (Å²) >= 11 is 0. The molecule has 0 aromatic carbocycles. The maximum Gasteiger partial charge on any atom is -0.0383 e. The molecular weight excluding hydrogens is 288 g/mol. The van der Waals surface area contributed by atoms with Crippen molar-refractivity contribution in [1.29, 1.82) is 0 Å². The molecule has 1 aliphatic rings. The van der Waals surface area contributed by atoms with Gasteiger partial charge in [-0.3, -0.25) is 0 Å². The van der Waals surface area contributed by atoms with Crippen LogP contribution in [0.3, 0.4) is 0 Å². The monoisotopic (exact) mass is 338 g/mol. The zero-order valence-electron chi connectivity index (χ0n) is 17.9. The summed E-state index contributed by atoms with van der Waals surface area (Å²) in [6, 6.07) is 0. The lowest BCUT2D eigenvalue weighted by Gasteiger charge is -1.99. The number of hydrogen-bond donors (Lipinski definition) is 0. The second-order valence-electron chi connectivity index (χ2n) is 8.22. The molecule has 0 N–H and O–H groups in total. The van der Waals surface area contributed by atoms with Crippen LogP contribution in [0.15, 0.2) is 0 Å². The van der Waals surface area contributed by atoms with Crippen LogP contribution < -0.4 is 0 Å². The summed E-state index contributed by atoms with van der Waals surface area (Å²) < 4.78 is 0. The predicted octanol–water partition coefficient (Wildman–Crippen LogP) is 9.32. The van der Waals surface area contributed by atoms with Gasteiger partial charge in [-0.1, -0.05) is 137 Å². The van der Waals surface area contributed by atoms with Gasteiger partial charge >= 0.3 is 0 Å². The molecule has 1 saturated carbocycles. The fourth-order valence-corrected chi connectivity index (χ4v) is 3.78. The third kappa shape index (κ3) is 16.8. The Labute approximate surface area is 155 Å². The van der Waals surface area contributed by atoms with E-state index in [9.17, 15) is 0 Å².